The molecule has 0 aliphatic rings. The molecule has 1 rings (SSSR count). The highest BCUT2D eigenvalue weighted by molar-refractivity contribution is 5.66. The first-order valence-corrected chi connectivity index (χ1v) is 5.64. The van der Waals surface area contributed by atoms with E-state index in [-0.39, 0.29) is 5.82 Å². The molecule has 0 atom stereocenters. The zero-order valence-electron chi connectivity index (χ0n) is 9.81. The molecule has 0 nitrogen and oxygen atoms in total. The first-order chi connectivity index (χ1) is 7.19. The lowest BCUT2D eigenvalue weighted by atomic mass is 9.99. The average Bonchev–Trinajstić information content (AvgIpc) is 2.17. The van der Waals surface area contributed by atoms with E-state index in [2.05, 4.69) is 19.9 Å². The van der Waals surface area contributed by atoms with Gasteiger partial charge in [-0.1, -0.05) is 38.5 Å². The van der Waals surface area contributed by atoms with Crippen molar-refractivity contribution in [2.24, 2.45) is 0 Å². The van der Waals surface area contributed by atoms with E-state index in [0.717, 1.165) is 36.0 Å². The molecule has 0 N–H and O–H groups in total. The predicted molar refractivity (Wildman–Crippen MR) is 64.3 cm³/mol. The molecule has 0 heterocycles. The van der Waals surface area contributed by atoms with E-state index < -0.39 is 0 Å². The van der Waals surface area contributed by atoms with Gasteiger partial charge in [-0.05, 0) is 37.0 Å². The highest BCUT2D eigenvalue weighted by Gasteiger charge is 2.06. The largest absolute Gasteiger partial charge is 0.206 e. The van der Waals surface area contributed by atoms with Crippen molar-refractivity contribution in [3.63, 3.8) is 0 Å². The molecule has 15 heavy (non-hydrogen) atoms. The van der Waals surface area contributed by atoms with Crippen molar-refractivity contribution in [2.45, 2.75) is 40.0 Å². The van der Waals surface area contributed by atoms with Crippen LogP contribution in [-0.4, -0.2) is 0 Å². The monoisotopic (exact) mass is 206 g/mol. The standard InChI is InChI=1S/C14H19F/c1-4-6-12(7-5-2)13-9-8-11(3)10-14(13)15/h6,8-10H,4-5,7H2,1-3H3/b12-6+. The minimum Gasteiger partial charge on any atom is -0.206 e. The van der Waals surface area contributed by atoms with Crippen molar-refractivity contribution in [3.8, 4) is 0 Å². The van der Waals surface area contributed by atoms with Crippen molar-refractivity contribution < 1.29 is 4.39 Å². The first-order valence-electron chi connectivity index (χ1n) is 5.64. The van der Waals surface area contributed by atoms with Gasteiger partial charge in [-0.15, -0.1) is 0 Å². The summed E-state index contributed by atoms with van der Waals surface area (Å²) in [5.74, 6) is -0.0943. The maximum absolute atomic E-state index is 13.7. The lowest BCUT2D eigenvalue weighted by molar-refractivity contribution is 0.621. The van der Waals surface area contributed by atoms with Gasteiger partial charge >= 0.3 is 0 Å². The van der Waals surface area contributed by atoms with Gasteiger partial charge in [-0.25, -0.2) is 4.39 Å². The highest BCUT2D eigenvalue weighted by atomic mass is 19.1. The Labute approximate surface area is 91.8 Å². The van der Waals surface area contributed by atoms with Crippen LogP contribution in [0.25, 0.3) is 5.57 Å². The zero-order valence-corrected chi connectivity index (χ0v) is 9.81. The molecule has 0 unspecified atom stereocenters. The second-order valence-electron chi connectivity index (χ2n) is 3.87. The van der Waals surface area contributed by atoms with E-state index in [4.69, 9.17) is 0 Å². The lowest BCUT2D eigenvalue weighted by Crippen LogP contribution is -1.91. The van der Waals surface area contributed by atoms with Gasteiger partial charge in [0.2, 0.25) is 0 Å². The molecule has 0 bridgehead atoms. The van der Waals surface area contributed by atoms with Crippen LogP contribution < -0.4 is 0 Å². The molecule has 0 radical (unpaired) electrons. The molecule has 0 amide bonds. The van der Waals surface area contributed by atoms with Crippen LogP contribution in [0.5, 0.6) is 0 Å². The number of benzene rings is 1. The number of hydrogen-bond donors (Lipinski definition) is 0. The van der Waals surface area contributed by atoms with Crippen LogP contribution in [0.3, 0.4) is 0 Å². The second-order valence-corrected chi connectivity index (χ2v) is 3.87. The van der Waals surface area contributed by atoms with E-state index in [1.165, 1.54) is 0 Å². The van der Waals surface area contributed by atoms with Crippen molar-refractivity contribution in [1.29, 1.82) is 0 Å². The Morgan fingerprint density at radius 3 is 2.60 bits per heavy atom. The van der Waals surface area contributed by atoms with Gasteiger partial charge in [-0.3, -0.25) is 0 Å². The third-order valence-corrected chi connectivity index (χ3v) is 2.44. The number of halogens is 1. The van der Waals surface area contributed by atoms with Crippen LogP contribution in [0, 0.1) is 12.7 Å². The molecule has 1 aromatic rings. The minimum absolute atomic E-state index is 0.0943. The van der Waals surface area contributed by atoms with Crippen molar-refractivity contribution in [1.82, 2.24) is 0 Å². The molecule has 0 saturated carbocycles. The number of allylic oxidation sites excluding steroid dienone is 2. The summed E-state index contributed by atoms with van der Waals surface area (Å²) >= 11 is 0. The summed E-state index contributed by atoms with van der Waals surface area (Å²) in [6.45, 7) is 6.12. The second kappa shape index (κ2) is 5.69. The molecular formula is C14H19F. The van der Waals surface area contributed by atoms with Crippen LogP contribution in [0.1, 0.15) is 44.2 Å². The van der Waals surface area contributed by atoms with Crippen molar-refractivity contribution in [2.75, 3.05) is 0 Å². The highest BCUT2D eigenvalue weighted by Crippen LogP contribution is 2.24. The van der Waals surface area contributed by atoms with E-state index in [1.807, 2.05) is 19.1 Å². The Balaban J connectivity index is 3.06. The fourth-order valence-electron chi connectivity index (χ4n) is 1.74. The smallest absolute Gasteiger partial charge is 0.130 e. The van der Waals surface area contributed by atoms with Gasteiger partial charge in [0.05, 0.1) is 0 Å². The lowest BCUT2D eigenvalue weighted by Gasteiger charge is -2.08. The van der Waals surface area contributed by atoms with Crippen LogP contribution in [0.15, 0.2) is 24.3 Å². The number of aryl methyl sites for hydroxylation is 1. The normalized spacial score (nSPS) is 11.9. The first kappa shape index (κ1) is 12.0. The SMILES string of the molecule is CC/C=C(\CCC)c1ccc(C)cc1F. The Kier molecular flexibility index (Phi) is 4.54. The third-order valence-electron chi connectivity index (χ3n) is 2.44. The van der Waals surface area contributed by atoms with Gasteiger partial charge in [0.1, 0.15) is 5.82 Å². The van der Waals surface area contributed by atoms with Gasteiger partial charge in [-0.2, -0.15) is 0 Å². The molecule has 0 aliphatic heterocycles. The maximum Gasteiger partial charge on any atom is 0.130 e. The fourth-order valence-corrected chi connectivity index (χ4v) is 1.74. The summed E-state index contributed by atoms with van der Waals surface area (Å²) in [5.41, 5.74) is 2.88. The molecule has 0 aromatic heterocycles. The molecule has 0 saturated heterocycles. The third kappa shape index (κ3) is 3.19. The summed E-state index contributed by atoms with van der Waals surface area (Å²) < 4.78 is 13.7. The average molecular weight is 206 g/mol. The Bertz CT molecular complexity index is 350. The summed E-state index contributed by atoms with van der Waals surface area (Å²) in [5, 5.41) is 0. The maximum atomic E-state index is 13.7. The van der Waals surface area contributed by atoms with Crippen molar-refractivity contribution in [3.05, 3.63) is 41.2 Å². The van der Waals surface area contributed by atoms with E-state index in [0.29, 0.717) is 0 Å². The molecule has 1 heteroatoms. The molecule has 0 spiro atoms. The molecular weight excluding hydrogens is 187 g/mol. The summed E-state index contributed by atoms with van der Waals surface area (Å²) in [6, 6.07) is 5.47. The zero-order chi connectivity index (χ0) is 11.3. The summed E-state index contributed by atoms with van der Waals surface area (Å²) in [7, 11) is 0. The van der Waals surface area contributed by atoms with Gasteiger partial charge in [0.15, 0.2) is 0 Å². The van der Waals surface area contributed by atoms with Gasteiger partial charge in [0.25, 0.3) is 0 Å². The molecule has 1 aromatic carbocycles. The van der Waals surface area contributed by atoms with Crippen LogP contribution in [0.4, 0.5) is 4.39 Å². The number of rotatable bonds is 4. The van der Waals surface area contributed by atoms with E-state index >= 15 is 0 Å². The quantitative estimate of drug-likeness (QED) is 0.668. The van der Waals surface area contributed by atoms with Crippen LogP contribution in [-0.2, 0) is 0 Å². The number of hydrogen-bond acceptors (Lipinski definition) is 0. The molecule has 0 aliphatic carbocycles. The molecule has 0 fully saturated rings. The van der Waals surface area contributed by atoms with E-state index in [1.54, 1.807) is 6.07 Å². The predicted octanol–water partition coefficient (Wildman–Crippen LogP) is 4.73. The Morgan fingerprint density at radius 2 is 2.07 bits per heavy atom. The summed E-state index contributed by atoms with van der Waals surface area (Å²) in [6.07, 6.45) is 5.09. The van der Waals surface area contributed by atoms with E-state index in [9.17, 15) is 4.39 Å². The van der Waals surface area contributed by atoms with Crippen molar-refractivity contribution >= 4 is 5.57 Å². The summed E-state index contributed by atoms with van der Waals surface area (Å²) in [4.78, 5) is 0. The van der Waals surface area contributed by atoms with Crippen LogP contribution >= 0.6 is 0 Å². The fraction of sp³-hybridized carbons (Fsp3) is 0.429. The van der Waals surface area contributed by atoms with Crippen LogP contribution in [0.2, 0.25) is 0 Å². The Hall–Kier alpha value is -1.11. The Morgan fingerprint density at radius 1 is 1.33 bits per heavy atom. The topological polar surface area (TPSA) is 0 Å². The van der Waals surface area contributed by atoms with Gasteiger partial charge in [0, 0.05) is 5.56 Å². The van der Waals surface area contributed by atoms with Gasteiger partial charge < -0.3 is 0 Å². The molecule has 82 valence electrons. The minimum atomic E-state index is -0.0943.